The highest BCUT2D eigenvalue weighted by Gasteiger charge is 2.23. The highest BCUT2D eigenvalue weighted by atomic mass is 32.2. The van der Waals surface area contributed by atoms with Crippen LogP contribution >= 0.6 is 10.5 Å². The Balaban J connectivity index is 4.43. The van der Waals surface area contributed by atoms with Gasteiger partial charge in [-0.05, 0) is 18.9 Å². The number of carbonyl (C=O) groups is 1. The van der Waals surface area contributed by atoms with Gasteiger partial charge in [-0.15, -0.1) is 0 Å². The van der Waals surface area contributed by atoms with E-state index in [1.807, 2.05) is 13.2 Å². The molecular formula is C12H26N2O4S2. The summed E-state index contributed by atoms with van der Waals surface area (Å²) in [5, 5.41) is 12.6. The Labute approximate surface area is 124 Å². The van der Waals surface area contributed by atoms with Crippen LogP contribution in [0.15, 0.2) is 0 Å². The van der Waals surface area contributed by atoms with Crippen LogP contribution in [-0.2, 0) is 14.8 Å². The minimum atomic E-state index is -3.34. The highest BCUT2D eigenvalue weighted by molar-refractivity contribution is 8.13. The number of nitrogens with one attached hydrogen (secondary N) is 1. The molecule has 0 aliphatic rings. The Hall–Kier alpha value is -0.440. The van der Waals surface area contributed by atoms with Gasteiger partial charge in [0, 0.05) is 19.5 Å². The van der Waals surface area contributed by atoms with Crippen LogP contribution in [0, 0.1) is 5.92 Å². The van der Waals surface area contributed by atoms with Gasteiger partial charge in [0.05, 0.1) is 18.4 Å². The third-order valence-corrected chi connectivity index (χ3v) is 5.29. The maximum atomic E-state index is 11.9. The number of aliphatic hydroxyl groups excluding tert-OH is 1. The van der Waals surface area contributed by atoms with Gasteiger partial charge < -0.3 is 10.4 Å². The predicted octanol–water partition coefficient (Wildman–Crippen LogP) is -0.290. The van der Waals surface area contributed by atoms with Gasteiger partial charge in [-0.3, -0.25) is 4.79 Å². The zero-order valence-electron chi connectivity index (χ0n) is 12.8. The van der Waals surface area contributed by atoms with Crippen molar-refractivity contribution in [2.24, 2.45) is 5.92 Å². The van der Waals surface area contributed by atoms with Crippen LogP contribution in [0.5, 0.6) is 0 Å². The third kappa shape index (κ3) is 7.37. The number of likely N-dealkylation sites (N-methyl/N-ethyl adjacent to an activating group) is 1. The zero-order valence-corrected chi connectivity index (χ0v) is 14.4. The van der Waals surface area contributed by atoms with Crippen molar-refractivity contribution in [2.45, 2.75) is 26.0 Å². The average molecular weight is 326 g/mol. The van der Waals surface area contributed by atoms with Crippen molar-refractivity contribution in [3.8, 4) is 0 Å². The summed E-state index contributed by atoms with van der Waals surface area (Å²) in [6.07, 6.45) is 2.08. The highest BCUT2D eigenvalue weighted by Crippen LogP contribution is 2.10. The number of aliphatic hydroxyl groups is 1. The summed E-state index contributed by atoms with van der Waals surface area (Å²) in [5.41, 5.74) is 0. The van der Waals surface area contributed by atoms with Crippen LogP contribution in [0.1, 0.15) is 13.8 Å². The molecule has 6 nitrogen and oxygen atoms in total. The van der Waals surface area contributed by atoms with Crippen LogP contribution in [0.25, 0.3) is 0 Å². The number of hydrogen-bond donors (Lipinski definition) is 2. The van der Waals surface area contributed by atoms with Gasteiger partial charge in [0.1, 0.15) is 0 Å². The summed E-state index contributed by atoms with van der Waals surface area (Å²) in [4.78, 5) is 11.9. The molecule has 0 aromatic heterocycles. The molecule has 0 saturated heterocycles. The SMILES string of the molecule is C=S(C)CC(C)C(=O)NC(C)C(O)CN(C)S(C)(=O)=O. The first kappa shape index (κ1) is 19.6. The van der Waals surface area contributed by atoms with Crippen LogP contribution in [0.4, 0.5) is 0 Å². The minimum Gasteiger partial charge on any atom is -0.390 e. The molecule has 20 heavy (non-hydrogen) atoms. The summed E-state index contributed by atoms with van der Waals surface area (Å²) < 4.78 is 23.6. The Kier molecular flexibility index (Phi) is 7.93. The lowest BCUT2D eigenvalue weighted by Gasteiger charge is -2.25. The molecule has 0 saturated carbocycles. The fraction of sp³-hybridized carbons (Fsp3) is 0.833. The molecule has 1 amide bonds. The second-order valence-corrected chi connectivity index (χ2v) is 9.24. The topological polar surface area (TPSA) is 86.7 Å². The summed E-state index contributed by atoms with van der Waals surface area (Å²) in [7, 11) is -2.02. The molecule has 8 heteroatoms. The van der Waals surface area contributed by atoms with Gasteiger partial charge in [0.2, 0.25) is 15.9 Å². The molecule has 0 aromatic carbocycles. The van der Waals surface area contributed by atoms with E-state index in [1.165, 1.54) is 7.05 Å². The molecule has 0 aromatic rings. The maximum absolute atomic E-state index is 11.9. The number of nitrogens with zero attached hydrogens (tertiary/aromatic N) is 1. The molecule has 120 valence electrons. The van der Waals surface area contributed by atoms with Crippen molar-refractivity contribution in [1.82, 2.24) is 9.62 Å². The number of carbonyl (C=O) groups excluding carboxylic acids is 1. The van der Waals surface area contributed by atoms with Crippen LogP contribution in [-0.4, -0.2) is 73.6 Å². The van der Waals surface area contributed by atoms with E-state index >= 15 is 0 Å². The molecule has 0 heterocycles. The molecule has 0 spiro atoms. The van der Waals surface area contributed by atoms with Crippen molar-refractivity contribution >= 4 is 32.3 Å². The number of sulfonamides is 1. The second-order valence-electron chi connectivity index (χ2n) is 5.26. The monoisotopic (exact) mass is 326 g/mol. The van der Waals surface area contributed by atoms with Gasteiger partial charge in [-0.1, -0.05) is 12.8 Å². The Morgan fingerprint density at radius 3 is 2.35 bits per heavy atom. The Bertz CT molecular complexity index is 450. The van der Waals surface area contributed by atoms with Crippen molar-refractivity contribution in [3.05, 3.63) is 0 Å². The van der Waals surface area contributed by atoms with E-state index in [0.717, 1.165) is 10.6 Å². The molecule has 0 fully saturated rings. The number of hydrogen-bond acceptors (Lipinski definition) is 4. The standard InChI is InChI=1S/C12H26N2O4S2/c1-9(8-19(4)5)12(16)13-10(2)11(15)7-14(3)20(6,17)18/h9-11,15H,4,7-8H2,1-3,5-6H3,(H,13,16). The number of amides is 1. The molecule has 0 rings (SSSR count). The van der Waals surface area contributed by atoms with Gasteiger partial charge in [0.15, 0.2) is 0 Å². The first-order chi connectivity index (χ1) is 8.95. The molecule has 0 aliphatic carbocycles. The van der Waals surface area contributed by atoms with E-state index in [4.69, 9.17) is 0 Å². The summed E-state index contributed by atoms with van der Waals surface area (Å²) in [6.45, 7) is 3.41. The van der Waals surface area contributed by atoms with E-state index in [-0.39, 0.29) is 28.9 Å². The largest absolute Gasteiger partial charge is 0.390 e. The van der Waals surface area contributed by atoms with Crippen molar-refractivity contribution in [2.75, 3.05) is 31.9 Å². The lowest BCUT2D eigenvalue weighted by atomic mass is 10.1. The molecule has 0 bridgehead atoms. The maximum Gasteiger partial charge on any atom is 0.223 e. The summed E-state index contributed by atoms with van der Waals surface area (Å²) in [6, 6.07) is -0.516. The van der Waals surface area contributed by atoms with Crippen LogP contribution in [0.3, 0.4) is 0 Å². The molecule has 0 aliphatic heterocycles. The summed E-state index contributed by atoms with van der Waals surface area (Å²) >= 11 is 0. The molecule has 4 unspecified atom stereocenters. The smallest absolute Gasteiger partial charge is 0.223 e. The van der Waals surface area contributed by atoms with Gasteiger partial charge >= 0.3 is 0 Å². The van der Waals surface area contributed by atoms with E-state index in [9.17, 15) is 18.3 Å². The van der Waals surface area contributed by atoms with E-state index in [2.05, 4.69) is 11.2 Å². The van der Waals surface area contributed by atoms with E-state index < -0.39 is 22.2 Å². The molecule has 2 N–H and O–H groups in total. The van der Waals surface area contributed by atoms with Gasteiger partial charge in [-0.2, -0.15) is 10.5 Å². The van der Waals surface area contributed by atoms with Gasteiger partial charge in [0.25, 0.3) is 0 Å². The van der Waals surface area contributed by atoms with E-state index in [0.29, 0.717) is 5.75 Å². The Morgan fingerprint density at radius 2 is 1.95 bits per heavy atom. The molecule has 0 radical (unpaired) electrons. The predicted molar refractivity (Wildman–Crippen MR) is 85.8 cm³/mol. The van der Waals surface area contributed by atoms with Crippen molar-refractivity contribution in [3.63, 3.8) is 0 Å². The lowest BCUT2D eigenvalue weighted by Crippen LogP contribution is -2.48. The molecular weight excluding hydrogens is 300 g/mol. The zero-order chi connectivity index (χ0) is 16.1. The van der Waals surface area contributed by atoms with Crippen molar-refractivity contribution in [1.29, 1.82) is 0 Å². The first-order valence-corrected chi connectivity index (χ1v) is 10.1. The average Bonchev–Trinajstić information content (AvgIpc) is 2.26. The Morgan fingerprint density at radius 1 is 1.45 bits per heavy atom. The van der Waals surface area contributed by atoms with Crippen LogP contribution < -0.4 is 5.32 Å². The molecule has 4 atom stereocenters. The third-order valence-electron chi connectivity index (χ3n) is 2.94. The second kappa shape index (κ2) is 8.11. The van der Waals surface area contributed by atoms with Crippen LogP contribution in [0.2, 0.25) is 0 Å². The first-order valence-electron chi connectivity index (χ1n) is 6.27. The quantitative estimate of drug-likeness (QED) is 0.600. The fourth-order valence-corrected chi connectivity index (χ4v) is 2.95. The number of rotatable bonds is 8. The van der Waals surface area contributed by atoms with E-state index in [1.54, 1.807) is 6.92 Å². The summed E-state index contributed by atoms with van der Waals surface area (Å²) in [5.74, 6) is 4.23. The fourth-order valence-electron chi connectivity index (χ4n) is 1.52. The van der Waals surface area contributed by atoms with Gasteiger partial charge in [-0.25, -0.2) is 12.7 Å². The van der Waals surface area contributed by atoms with Crippen molar-refractivity contribution < 1.29 is 18.3 Å². The normalized spacial score (nSPS) is 18.4. The lowest BCUT2D eigenvalue weighted by molar-refractivity contribution is -0.125. The minimum absolute atomic E-state index is 0.0534.